The zero-order chi connectivity index (χ0) is 15.4. The number of benzene rings is 1. The topological polar surface area (TPSA) is 73.0 Å². The molecular formula is C14H17ClN4O2. The zero-order valence-electron chi connectivity index (χ0n) is 11.9. The Morgan fingerprint density at radius 3 is 2.90 bits per heavy atom. The fourth-order valence-electron chi connectivity index (χ4n) is 1.95. The quantitative estimate of drug-likeness (QED) is 0.657. The Kier molecular flexibility index (Phi) is 4.93. The Labute approximate surface area is 127 Å². The van der Waals surface area contributed by atoms with Crippen molar-refractivity contribution in [2.24, 2.45) is 0 Å². The first-order valence-electron chi connectivity index (χ1n) is 6.63. The maximum atomic E-state index is 11.1. The van der Waals surface area contributed by atoms with Gasteiger partial charge in [0.2, 0.25) is 0 Å². The van der Waals surface area contributed by atoms with Crippen molar-refractivity contribution in [1.29, 1.82) is 0 Å². The van der Waals surface area contributed by atoms with E-state index in [0.29, 0.717) is 29.7 Å². The predicted molar refractivity (Wildman–Crippen MR) is 81.4 cm³/mol. The third-order valence-corrected chi connectivity index (χ3v) is 3.36. The Hall–Kier alpha value is -1.92. The highest BCUT2D eigenvalue weighted by atomic mass is 35.5. The van der Waals surface area contributed by atoms with E-state index in [1.54, 1.807) is 23.0 Å². The molecule has 0 unspecified atom stereocenters. The lowest BCUT2D eigenvalue weighted by Crippen LogP contribution is -2.21. The van der Waals surface area contributed by atoms with Crippen molar-refractivity contribution in [2.45, 2.75) is 33.0 Å². The van der Waals surface area contributed by atoms with Crippen LogP contribution in [0.4, 0.5) is 5.69 Å². The molecule has 0 saturated heterocycles. The van der Waals surface area contributed by atoms with Gasteiger partial charge in [-0.3, -0.25) is 10.1 Å². The summed E-state index contributed by atoms with van der Waals surface area (Å²) in [4.78, 5) is 14.9. The zero-order valence-corrected chi connectivity index (χ0v) is 12.7. The van der Waals surface area contributed by atoms with E-state index in [0.717, 1.165) is 5.69 Å². The molecule has 2 rings (SSSR count). The van der Waals surface area contributed by atoms with Crippen LogP contribution < -0.4 is 5.32 Å². The summed E-state index contributed by atoms with van der Waals surface area (Å²) >= 11 is 6.08. The molecule has 1 heterocycles. The van der Waals surface area contributed by atoms with E-state index in [2.05, 4.69) is 24.1 Å². The molecule has 1 aromatic carbocycles. The first-order valence-corrected chi connectivity index (χ1v) is 7.01. The number of hydrogen-bond acceptors (Lipinski definition) is 4. The summed E-state index contributed by atoms with van der Waals surface area (Å²) in [5.41, 5.74) is 1.40. The van der Waals surface area contributed by atoms with Gasteiger partial charge in [0.25, 0.3) is 5.69 Å². The van der Waals surface area contributed by atoms with E-state index in [4.69, 9.17) is 11.6 Å². The van der Waals surface area contributed by atoms with E-state index in [9.17, 15) is 10.1 Å². The Balaban J connectivity index is 2.17. The summed E-state index contributed by atoms with van der Waals surface area (Å²) in [6, 6.07) is 5.07. The number of nitro groups is 1. The number of nitrogens with one attached hydrogen (secondary N) is 1. The van der Waals surface area contributed by atoms with Crippen LogP contribution in [-0.2, 0) is 13.1 Å². The molecule has 0 radical (unpaired) electrons. The molecule has 0 spiro atoms. The lowest BCUT2D eigenvalue weighted by atomic mass is 10.2. The summed E-state index contributed by atoms with van der Waals surface area (Å²) in [6.07, 6.45) is 3.52. The second kappa shape index (κ2) is 6.69. The number of rotatable bonds is 6. The summed E-state index contributed by atoms with van der Waals surface area (Å²) in [5, 5.41) is 14.7. The van der Waals surface area contributed by atoms with Crippen molar-refractivity contribution in [3.8, 4) is 0 Å². The van der Waals surface area contributed by atoms with Gasteiger partial charge in [0.15, 0.2) is 0 Å². The van der Waals surface area contributed by atoms with Crippen LogP contribution >= 0.6 is 11.6 Å². The van der Waals surface area contributed by atoms with Gasteiger partial charge in [-0.25, -0.2) is 4.98 Å². The molecule has 0 aliphatic rings. The number of imidazole rings is 1. The number of nitrogens with zero attached hydrogens (tertiary/aromatic N) is 3. The molecule has 1 aromatic heterocycles. The normalized spacial score (nSPS) is 11.0. The number of hydrogen-bond donors (Lipinski definition) is 1. The predicted octanol–water partition coefficient (Wildman–Crippen LogP) is 2.99. The van der Waals surface area contributed by atoms with Gasteiger partial charge in [-0.15, -0.1) is 0 Å². The Morgan fingerprint density at radius 1 is 1.48 bits per heavy atom. The summed E-state index contributed by atoms with van der Waals surface area (Å²) in [5.74, 6) is 0. The molecule has 112 valence electrons. The number of aromatic nitrogens is 2. The van der Waals surface area contributed by atoms with Gasteiger partial charge < -0.3 is 9.88 Å². The molecule has 0 fully saturated rings. The average Bonchev–Trinajstić information content (AvgIpc) is 2.86. The van der Waals surface area contributed by atoms with Crippen LogP contribution in [0.5, 0.6) is 0 Å². The SMILES string of the molecule is CC(C)NCc1cn(Cc2c(Cl)cccc2[N+](=O)[O-])cn1. The van der Waals surface area contributed by atoms with E-state index in [1.807, 2.05) is 6.20 Å². The maximum absolute atomic E-state index is 11.1. The van der Waals surface area contributed by atoms with Gasteiger partial charge in [-0.1, -0.05) is 31.5 Å². The van der Waals surface area contributed by atoms with Gasteiger partial charge in [0.1, 0.15) is 0 Å². The van der Waals surface area contributed by atoms with Crippen LogP contribution in [0, 0.1) is 10.1 Å². The van der Waals surface area contributed by atoms with Crippen LogP contribution in [0.2, 0.25) is 5.02 Å². The highest BCUT2D eigenvalue weighted by Crippen LogP contribution is 2.27. The lowest BCUT2D eigenvalue weighted by Gasteiger charge is -2.06. The van der Waals surface area contributed by atoms with Gasteiger partial charge in [0.05, 0.1) is 34.1 Å². The molecule has 0 atom stereocenters. The lowest BCUT2D eigenvalue weighted by molar-refractivity contribution is -0.385. The van der Waals surface area contributed by atoms with Crippen molar-refractivity contribution in [1.82, 2.24) is 14.9 Å². The van der Waals surface area contributed by atoms with Crippen molar-refractivity contribution in [3.63, 3.8) is 0 Å². The fraction of sp³-hybridized carbons (Fsp3) is 0.357. The summed E-state index contributed by atoms with van der Waals surface area (Å²) < 4.78 is 1.80. The molecule has 0 aliphatic heterocycles. The van der Waals surface area contributed by atoms with E-state index < -0.39 is 4.92 Å². The largest absolute Gasteiger partial charge is 0.332 e. The molecule has 0 saturated carbocycles. The third kappa shape index (κ3) is 4.03. The summed E-state index contributed by atoms with van der Waals surface area (Å²) in [6.45, 7) is 5.11. The van der Waals surface area contributed by atoms with Crippen LogP contribution in [0.3, 0.4) is 0 Å². The minimum atomic E-state index is -0.417. The van der Waals surface area contributed by atoms with Gasteiger partial charge in [-0.05, 0) is 6.07 Å². The summed E-state index contributed by atoms with van der Waals surface area (Å²) in [7, 11) is 0. The monoisotopic (exact) mass is 308 g/mol. The molecule has 7 heteroatoms. The number of nitro benzene ring substituents is 1. The van der Waals surface area contributed by atoms with Crippen LogP contribution in [0.25, 0.3) is 0 Å². The average molecular weight is 309 g/mol. The molecule has 0 bridgehead atoms. The van der Waals surface area contributed by atoms with Gasteiger partial charge >= 0.3 is 0 Å². The van der Waals surface area contributed by atoms with E-state index >= 15 is 0 Å². The second-order valence-corrected chi connectivity index (χ2v) is 5.47. The molecule has 2 aromatic rings. The minimum absolute atomic E-state index is 0.0260. The Morgan fingerprint density at radius 2 is 2.24 bits per heavy atom. The van der Waals surface area contributed by atoms with Gasteiger partial charge in [0, 0.05) is 24.8 Å². The van der Waals surface area contributed by atoms with Crippen molar-refractivity contribution in [2.75, 3.05) is 0 Å². The van der Waals surface area contributed by atoms with Crippen LogP contribution in [-0.4, -0.2) is 20.5 Å². The highest BCUT2D eigenvalue weighted by Gasteiger charge is 2.17. The molecule has 6 nitrogen and oxygen atoms in total. The molecule has 1 N–H and O–H groups in total. The molecule has 21 heavy (non-hydrogen) atoms. The first kappa shape index (κ1) is 15.5. The number of halogens is 1. The van der Waals surface area contributed by atoms with E-state index in [-0.39, 0.29) is 5.69 Å². The van der Waals surface area contributed by atoms with Crippen molar-refractivity contribution >= 4 is 17.3 Å². The van der Waals surface area contributed by atoms with E-state index in [1.165, 1.54) is 6.07 Å². The molecule has 0 aliphatic carbocycles. The first-order chi connectivity index (χ1) is 9.97. The second-order valence-electron chi connectivity index (χ2n) is 5.07. The standard InChI is InChI=1S/C14H17ClN4O2/c1-10(2)16-6-11-7-18(9-17-11)8-12-13(15)4-3-5-14(12)19(20)21/h3-5,7,9-10,16H,6,8H2,1-2H3. The fourth-order valence-corrected chi connectivity index (χ4v) is 2.18. The van der Waals surface area contributed by atoms with Crippen LogP contribution in [0.1, 0.15) is 25.1 Å². The van der Waals surface area contributed by atoms with Gasteiger partial charge in [-0.2, -0.15) is 0 Å². The van der Waals surface area contributed by atoms with Crippen molar-refractivity contribution in [3.05, 3.63) is 57.1 Å². The smallest absolute Gasteiger partial charge is 0.275 e. The van der Waals surface area contributed by atoms with Crippen molar-refractivity contribution < 1.29 is 4.92 Å². The molecular weight excluding hydrogens is 292 g/mol. The highest BCUT2D eigenvalue weighted by molar-refractivity contribution is 6.31. The Bertz CT molecular complexity index is 640. The molecule has 0 amide bonds. The maximum Gasteiger partial charge on any atom is 0.275 e. The minimum Gasteiger partial charge on any atom is -0.332 e. The van der Waals surface area contributed by atoms with Crippen LogP contribution in [0.15, 0.2) is 30.7 Å². The third-order valence-electron chi connectivity index (χ3n) is 3.01.